The van der Waals surface area contributed by atoms with Gasteiger partial charge in [0.2, 0.25) is 0 Å². The maximum atomic E-state index is 11.6. The monoisotopic (exact) mass is 318 g/mol. The van der Waals surface area contributed by atoms with Gasteiger partial charge in [-0.15, -0.1) is 5.10 Å². The molecule has 8 heteroatoms. The van der Waals surface area contributed by atoms with E-state index in [2.05, 4.69) is 15.6 Å². The first-order valence-corrected chi connectivity index (χ1v) is 7.20. The molecule has 1 aromatic heterocycles. The van der Waals surface area contributed by atoms with Crippen LogP contribution in [0.4, 0.5) is 0 Å². The Morgan fingerprint density at radius 2 is 2.33 bits per heavy atom. The maximum absolute atomic E-state index is 11.6. The topological polar surface area (TPSA) is 69.0 Å². The number of hydrogen-bond acceptors (Lipinski definition) is 6. The summed E-state index contributed by atoms with van der Waals surface area (Å²) in [4.78, 5) is 12.1. The lowest BCUT2D eigenvalue weighted by molar-refractivity contribution is -0.115. The minimum atomic E-state index is -0.207. The summed E-state index contributed by atoms with van der Waals surface area (Å²) < 4.78 is 7.24. The highest BCUT2D eigenvalue weighted by atomic mass is 32.2. The fraction of sp³-hybridized carbons (Fsp3) is 0.0769. The van der Waals surface area contributed by atoms with E-state index in [1.807, 2.05) is 24.3 Å². The van der Waals surface area contributed by atoms with E-state index < -0.39 is 0 Å². The van der Waals surface area contributed by atoms with Gasteiger partial charge in [0.05, 0.1) is 23.9 Å². The SMILES string of the molecule is COc1cccc(-n2cc(/C=C3\SC(=S)NC3=O)nn2)c1. The molecule has 0 spiro atoms. The van der Waals surface area contributed by atoms with Crippen LogP contribution in [0.5, 0.6) is 5.75 Å². The number of benzene rings is 1. The molecule has 0 unspecified atom stereocenters. The molecule has 0 aliphatic carbocycles. The number of thiocarbonyl (C=S) groups is 1. The number of amides is 1. The van der Waals surface area contributed by atoms with Crippen molar-refractivity contribution in [2.24, 2.45) is 0 Å². The van der Waals surface area contributed by atoms with Crippen LogP contribution in [0.2, 0.25) is 0 Å². The van der Waals surface area contributed by atoms with Gasteiger partial charge >= 0.3 is 0 Å². The van der Waals surface area contributed by atoms with Crippen molar-refractivity contribution in [1.29, 1.82) is 0 Å². The van der Waals surface area contributed by atoms with Crippen molar-refractivity contribution in [3.63, 3.8) is 0 Å². The van der Waals surface area contributed by atoms with E-state index in [4.69, 9.17) is 17.0 Å². The fourth-order valence-electron chi connectivity index (χ4n) is 1.78. The van der Waals surface area contributed by atoms with E-state index in [1.165, 1.54) is 11.8 Å². The smallest absolute Gasteiger partial charge is 0.263 e. The molecule has 2 aromatic rings. The van der Waals surface area contributed by atoms with Crippen LogP contribution in [0.25, 0.3) is 11.8 Å². The Bertz CT molecular complexity index is 754. The Labute approximate surface area is 130 Å². The van der Waals surface area contributed by atoms with Crippen LogP contribution in [0.3, 0.4) is 0 Å². The normalized spacial score (nSPS) is 16.3. The van der Waals surface area contributed by atoms with Crippen molar-refractivity contribution >= 4 is 40.3 Å². The number of hydrogen-bond donors (Lipinski definition) is 1. The summed E-state index contributed by atoms with van der Waals surface area (Å²) in [6, 6.07) is 7.45. The maximum Gasteiger partial charge on any atom is 0.263 e. The molecule has 21 heavy (non-hydrogen) atoms. The van der Waals surface area contributed by atoms with E-state index in [9.17, 15) is 4.79 Å². The van der Waals surface area contributed by atoms with Gasteiger partial charge in [-0.3, -0.25) is 4.79 Å². The first-order valence-electron chi connectivity index (χ1n) is 5.97. The second-order valence-electron chi connectivity index (χ2n) is 4.14. The average molecular weight is 318 g/mol. The van der Waals surface area contributed by atoms with Crippen LogP contribution in [0, 0.1) is 0 Å². The molecule has 2 heterocycles. The highest BCUT2D eigenvalue weighted by molar-refractivity contribution is 8.26. The third-order valence-electron chi connectivity index (χ3n) is 2.75. The van der Waals surface area contributed by atoms with Crippen molar-refractivity contribution in [3.05, 3.63) is 41.1 Å². The predicted molar refractivity (Wildman–Crippen MR) is 84.2 cm³/mol. The van der Waals surface area contributed by atoms with Gasteiger partial charge in [0, 0.05) is 6.07 Å². The Hall–Kier alpha value is -2.19. The summed E-state index contributed by atoms with van der Waals surface area (Å²) in [6.07, 6.45) is 3.39. The molecule has 0 radical (unpaired) electrons. The second-order valence-corrected chi connectivity index (χ2v) is 5.86. The van der Waals surface area contributed by atoms with Gasteiger partial charge in [0.1, 0.15) is 15.8 Å². The van der Waals surface area contributed by atoms with Crippen LogP contribution in [-0.4, -0.2) is 32.3 Å². The number of carbonyl (C=O) groups excluding carboxylic acids is 1. The van der Waals surface area contributed by atoms with Crippen LogP contribution in [-0.2, 0) is 4.79 Å². The lowest BCUT2D eigenvalue weighted by Gasteiger charge is -2.02. The Morgan fingerprint density at radius 1 is 1.48 bits per heavy atom. The molecular formula is C13H10N4O2S2. The van der Waals surface area contributed by atoms with Gasteiger partial charge in [0.25, 0.3) is 5.91 Å². The quantitative estimate of drug-likeness (QED) is 0.687. The Balaban J connectivity index is 1.88. The van der Waals surface area contributed by atoms with E-state index in [0.717, 1.165) is 11.4 Å². The molecule has 1 aliphatic heterocycles. The molecule has 0 atom stereocenters. The van der Waals surface area contributed by atoms with Gasteiger partial charge < -0.3 is 10.1 Å². The molecule has 1 fully saturated rings. The predicted octanol–water partition coefficient (Wildman–Crippen LogP) is 1.76. The molecule has 1 N–H and O–H groups in total. The zero-order valence-electron chi connectivity index (χ0n) is 10.9. The third kappa shape index (κ3) is 2.96. The molecule has 0 bridgehead atoms. The molecule has 6 nitrogen and oxygen atoms in total. The van der Waals surface area contributed by atoms with Gasteiger partial charge in [-0.2, -0.15) is 0 Å². The molecule has 1 amide bonds. The van der Waals surface area contributed by atoms with Crippen molar-refractivity contribution in [3.8, 4) is 11.4 Å². The average Bonchev–Trinajstić information content (AvgIpc) is 3.06. The zero-order valence-corrected chi connectivity index (χ0v) is 12.6. The lowest BCUT2D eigenvalue weighted by atomic mass is 10.3. The number of thioether (sulfide) groups is 1. The fourth-order valence-corrected chi connectivity index (χ4v) is 2.81. The van der Waals surface area contributed by atoms with Crippen LogP contribution >= 0.6 is 24.0 Å². The molecule has 106 valence electrons. The van der Waals surface area contributed by atoms with E-state index in [0.29, 0.717) is 14.9 Å². The van der Waals surface area contributed by atoms with Crippen molar-refractivity contribution < 1.29 is 9.53 Å². The van der Waals surface area contributed by atoms with Crippen LogP contribution in [0.1, 0.15) is 5.69 Å². The summed E-state index contributed by atoms with van der Waals surface area (Å²) in [5, 5.41) is 10.6. The number of nitrogens with one attached hydrogen (secondary N) is 1. The van der Waals surface area contributed by atoms with Gasteiger partial charge in [-0.05, 0) is 18.2 Å². The standard InChI is InChI=1S/C13H10N4O2S2/c1-19-10-4-2-3-9(6-10)17-7-8(15-16-17)5-11-12(18)14-13(20)21-11/h2-7H,1H3,(H,14,18,20)/b11-5-. The highest BCUT2D eigenvalue weighted by Gasteiger charge is 2.22. The van der Waals surface area contributed by atoms with Crippen molar-refractivity contribution in [2.75, 3.05) is 7.11 Å². The van der Waals surface area contributed by atoms with E-state index in [-0.39, 0.29) is 5.91 Å². The summed E-state index contributed by atoms with van der Waals surface area (Å²) in [5.74, 6) is 0.528. The van der Waals surface area contributed by atoms with Crippen molar-refractivity contribution in [2.45, 2.75) is 0 Å². The Kier molecular flexibility index (Phi) is 3.72. The number of ether oxygens (including phenoxy) is 1. The van der Waals surface area contributed by atoms with Gasteiger partial charge in [0.15, 0.2) is 0 Å². The number of rotatable bonds is 3. The van der Waals surface area contributed by atoms with E-state index >= 15 is 0 Å². The zero-order chi connectivity index (χ0) is 14.8. The Morgan fingerprint density at radius 3 is 3.05 bits per heavy atom. The second kappa shape index (κ2) is 5.66. The van der Waals surface area contributed by atoms with E-state index in [1.54, 1.807) is 24.1 Å². The molecule has 0 saturated carbocycles. The minimum absolute atomic E-state index is 0.207. The first-order chi connectivity index (χ1) is 10.2. The molecule has 1 aromatic carbocycles. The third-order valence-corrected chi connectivity index (χ3v) is 3.91. The first kappa shape index (κ1) is 13.8. The summed E-state index contributed by atoms with van der Waals surface area (Å²) in [7, 11) is 1.61. The lowest BCUT2D eigenvalue weighted by Crippen LogP contribution is -2.17. The van der Waals surface area contributed by atoms with Crippen LogP contribution < -0.4 is 10.1 Å². The number of carbonyl (C=O) groups is 1. The summed E-state index contributed by atoms with van der Waals surface area (Å²) in [6.45, 7) is 0. The number of nitrogens with zero attached hydrogens (tertiary/aromatic N) is 3. The largest absolute Gasteiger partial charge is 0.497 e. The molecule has 3 rings (SSSR count). The summed E-state index contributed by atoms with van der Waals surface area (Å²) in [5.41, 5.74) is 1.41. The van der Waals surface area contributed by atoms with Gasteiger partial charge in [-0.1, -0.05) is 35.3 Å². The van der Waals surface area contributed by atoms with Gasteiger partial charge in [-0.25, -0.2) is 4.68 Å². The van der Waals surface area contributed by atoms with Crippen LogP contribution in [0.15, 0.2) is 35.4 Å². The minimum Gasteiger partial charge on any atom is -0.497 e. The van der Waals surface area contributed by atoms with Crippen molar-refractivity contribution in [1.82, 2.24) is 20.3 Å². The number of aromatic nitrogens is 3. The highest BCUT2D eigenvalue weighted by Crippen LogP contribution is 2.25. The molecule has 1 aliphatic rings. The molecular weight excluding hydrogens is 308 g/mol. The molecule has 1 saturated heterocycles. The summed E-state index contributed by atoms with van der Waals surface area (Å²) >= 11 is 6.15. The number of methoxy groups -OCH3 is 1.